The fourth-order valence-corrected chi connectivity index (χ4v) is 4.80. The van der Waals surface area contributed by atoms with Crippen LogP contribution in [0.5, 0.6) is 11.5 Å². The van der Waals surface area contributed by atoms with Crippen molar-refractivity contribution in [1.82, 2.24) is 9.13 Å². The first-order valence-electron chi connectivity index (χ1n) is 10.9. The lowest BCUT2D eigenvalue weighted by Gasteiger charge is -2.33. The molecule has 0 N–H and O–H groups in total. The quantitative estimate of drug-likeness (QED) is 0.601. The fourth-order valence-electron chi connectivity index (χ4n) is 4.80. The third-order valence-electron chi connectivity index (χ3n) is 6.68. The van der Waals surface area contributed by atoms with E-state index in [1.165, 1.54) is 5.56 Å². The monoisotopic (exact) mass is 433 g/mol. The lowest BCUT2D eigenvalue weighted by molar-refractivity contribution is 0.352. The first kappa shape index (κ1) is 21.9. The van der Waals surface area contributed by atoms with Crippen LogP contribution in [-0.2, 0) is 7.05 Å². The Balaban J connectivity index is 2.06. The van der Waals surface area contributed by atoms with Gasteiger partial charge in [-0.2, -0.15) is 0 Å². The predicted molar refractivity (Wildman–Crippen MR) is 127 cm³/mol. The summed E-state index contributed by atoms with van der Waals surface area (Å²) in [5, 5.41) is 0. The summed E-state index contributed by atoms with van der Waals surface area (Å²) in [5.74, 6) is 1.47. The van der Waals surface area contributed by atoms with Crippen LogP contribution in [0.4, 0.5) is 5.69 Å². The van der Waals surface area contributed by atoms with Gasteiger partial charge in [0.2, 0.25) is 0 Å². The summed E-state index contributed by atoms with van der Waals surface area (Å²) < 4.78 is 14.6. The largest absolute Gasteiger partial charge is 0.493 e. The number of aromatic nitrogens is 2. The number of fused-ring (bicyclic) bond motifs is 3. The molecule has 1 aliphatic heterocycles. The van der Waals surface area contributed by atoms with Crippen LogP contribution in [0, 0.1) is 20.8 Å². The van der Waals surface area contributed by atoms with E-state index in [1.54, 1.807) is 25.8 Å². The molecular formula is C26H31N3O3. The summed E-state index contributed by atoms with van der Waals surface area (Å²) in [6.07, 6.45) is 0. The molecule has 0 saturated carbocycles. The minimum Gasteiger partial charge on any atom is -0.493 e. The molecule has 2 aromatic carbocycles. The van der Waals surface area contributed by atoms with Crippen molar-refractivity contribution < 1.29 is 9.47 Å². The van der Waals surface area contributed by atoms with Gasteiger partial charge in [0.05, 0.1) is 25.6 Å². The number of ether oxygens (including phenoxy) is 2. The molecule has 6 heteroatoms. The second-order valence-corrected chi connectivity index (χ2v) is 8.78. The molecule has 2 atom stereocenters. The Morgan fingerprint density at radius 2 is 1.50 bits per heavy atom. The van der Waals surface area contributed by atoms with E-state index in [9.17, 15) is 4.79 Å². The average molecular weight is 434 g/mol. The van der Waals surface area contributed by atoms with Crippen molar-refractivity contribution in [2.75, 3.05) is 14.2 Å². The molecular weight excluding hydrogens is 402 g/mol. The summed E-state index contributed by atoms with van der Waals surface area (Å²) in [7, 11) is 5.05. The van der Waals surface area contributed by atoms with E-state index < -0.39 is 0 Å². The zero-order valence-corrected chi connectivity index (χ0v) is 20.1. The third kappa shape index (κ3) is 3.34. The Morgan fingerprint density at radius 1 is 0.906 bits per heavy atom. The van der Waals surface area contributed by atoms with E-state index in [-0.39, 0.29) is 17.6 Å². The van der Waals surface area contributed by atoms with Crippen LogP contribution in [0.3, 0.4) is 0 Å². The van der Waals surface area contributed by atoms with Crippen molar-refractivity contribution in [3.63, 3.8) is 0 Å². The second-order valence-electron chi connectivity index (χ2n) is 8.78. The van der Waals surface area contributed by atoms with Crippen LogP contribution in [0.1, 0.15) is 48.1 Å². The molecule has 1 aromatic heterocycles. The minimum absolute atomic E-state index is 0.00815. The highest BCUT2D eigenvalue weighted by Gasteiger charge is 2.31. The van der Waals surface area contributed by atoms with Gasteiger partial charge >= 0.3 is 5.69 Å². The van der Waals surface area contributed by atoms with Gasteiger partial charge in [-0.05, 0) is 56.5 Å². The molecule has 32 heavy (non-hydrogen) atoms. The van der Waals surface area contributed by atoms with Crippen molar-refractivity contribution in [2.24, 2.45) is 12.0 Å². The normalized spacial score (nSPS) is 17.7. The van der Waals surface area contributed by atoms with E-state index in [4.69, 9.17) is 14.5 Å². The molecule has 0 aliphatic carbocycles. The molecule has 0 amide bonds. The molecule has 1 aliphatic rings. The van der Waals surface area contributed by atoms with Crippen LogP contribution in [0.25, 0.3) is 11.3 Å². The number of nitrogens with zero attached hydrogens (tertiary/aromatic N) is 3. The fraction of sp³-hybridized carbons (Fsp3) is 0.385. The lowest BCUT2D eigenvalue weighted by Crippen LogP contribution is -2.42. The van der Waals surface area contributed by atoms with Gasteiger partial charge < -0.3 is 9.47 Å². The number of benzene rings is 2. The topological polar surface area (TPSA) is 57.8 Å². The van der Waals surface area contributed by atoms with Crippen LogP contribution in [0.15, 0.2) is 40.1 Å². The summed E-state index contributed by atoms with van der Waals surface area (Å²) in [6.45, 7) is 10.4. The van der Waals surface area contributed by atoms with Gasteiger partial charge in [0, 0.05) is 30.6 Å². The molecule has 168 valence electrons. The standard InChI is InChI=1S/C26H31N3O3/c1-14-9-15(2)25(16(3)10-14)27-24-13-21-20-12-23(32-8)22(31-7)11-19(20)17(4)18(5)29(21)26(30)28(24)6/h9-13,17-18H,1-8H3/t17-,18-/m0/s1. The Morgan fingerprint density at radius 3 is 2.09 bits per heavy atom. The van der Waals surface area contributed by atoms with Crippen LogP contribution < -0.4 is 20.7 Å². The summed E-state index contributed by atoms with van der Waals surface area (Å²) in [6, 6.07) is 10.2. The van der Waals surface area contributed by atoms with Gasteiger partial charge in [0.15, 0.2) is 11.5 Å². The molecule has 0 radical (unpaired) electrons. The Labute approximate surface area is 188 Å². The number of rotatable bonds is 3. The van der Waals surface area contributed by atoms with Gasteiger partial charge in [-0.3, -0.25) is 9.13 Å². The lowest BCUT2D eigenvalue weighted by atomic mass is 9.85. The van der Waals surface area contributed by atoms with Crippen molar-refractivity contribution >= 4 is 5.69 Å². The van der Waals surface area contributed by atoms with Crippen LogP contribution >= 0.6 is 0 Å². The first-order valence-corrected chi connectivity index (χ1v) is 10.9. The highest BCUT2D eigenvalue weighted by atomic mass is 16.5. The van der Waals surface area contributed by atoms with E-state index in [0.717, 1.165) is 33.6 Å². The maximum atomic E-state index is 13.5. The SMILES string of the molecule is COc1cc2c(cc1OC)[C@@H](C)[C@H](C)n1c-2cc(=Nc2c(C)cc(C)cc2C)n(C)c1=O. The first-order chi connectivity index (χ1) is 15.2. The highest BCUT2D eigenvalue weighted by molar-refractivity contribution is 5.71. The van der Waals surface area contributed by atoms with Gasteiger partial charge in [-0.1, -0.05) is 24.6 Å². The Hall–Kier alpha value is -3.28. The summed E-state index contributed by atoms with van der Waals surface area (Å²) >= 11 is 0. The predicted octanol–water partition coefficient (Wildman–Crippen LogP) is 4.71. The maximum absolute atomic E-state index is 13.5. The number of hydrogen-bond donors (Lipinski definition) is 0. The molecule has 0 unspecified atom stereocenters. The van der Waals surface area contributed by atoms with Crippen molar-refractivity contribution in [2.45, 2.75) is 46.6 Å². The van der Waals surface area contributed by atoms with Crippen molar-refractivity contribution in [3.05, 3.63) is 68.6 Å². The van der Waals surface area contributed by atoms with E-state index in [1.807, 2.05) is 22.8 Å². The van der Waals surface area contributed by atoms with Gasteiger partial charge in [0.25, 0.3) is 0 Å². The zero-order valence-electron chi connectivity index (χ0n) is 20.1. The zero-order chi connectivity index (χ0) is 23.3. The molecule has 2 heterocycles. The van der Waals surface area contributed by atoms with Gasteiger partial charge in [-0.15, -0.1) is 0 Å². The Bertz CT molecular complexity index is 1320. The van der Waals surface area contributed by atoms with Crippen molar-refractivity contribution in [3.8, 4) is 22.8 Å². The number of aryl methyl sites for hydroxylation is 3. The molecule has 0 fully saturated rings. The van der Waals surface area contributed by atoms with Gasteiger partial charge in [0.1, 0.15) is 5.49 Å². The molecule has 0 spiro atoms. The molecule has 0 saturated heterocycles. The van der Waals surface area contributed by atoms with E-state index >= 15 is 0 Å². The Kier molecular flexibility index (Phi) is 5.49. The van der Waals surface area contributed by atoms with Crippen LogP contribution in [-0.4, -0.2) is 23.4 Å². The highest BCUT2D eigenvalue weighted by Crippen LogP contribution is 2.45. The smallest absolute Gasteiger partial charge is 0.330 e. The third-order valence-corrected chi connectivity index (χ3v) is 6.68. The molecule has 0 bridgehead atoms. The summed E-state index contributed by atoms with van der Waals surface area (Å²) in [5.41, 5.74) is 7.78. The van der Waals surface area contributed by atoms with Crippen LogP contribution in [0.2, 0.25) is 0 Å². The molecule has 6 nitrogen and oxygen atoms in total. The maximum Gasteiger partial charge on any atom is 0.330 e. The average Bonchev–Trinajstić information content (AvgIpc) is 2.76. The van der Waals surface area contributed by atoms with Gasteiger partial charge in [-0.25, -0.2) is 9.79 Å². The van der Waals surface area contributed by atoms with E-state index in [0.29, 0.717) is 17.0 Å². The molecule has 4 rings (SSSR count). The number of hydrogen-bond acceptors (Lipinski definition) is 4. The minimum atomic E-state index is -0.0801. The number of methoxy groups -OCH3 is 2. The summed E-state index contributed by atoms with van der Waals surface area (Å²) in [4.78, 5) is 18.4. The second kappa shape index (κ2) is 8.01. The van der Waals surface area contributed by atoms with Crippen molar-refractivity contribution in [1.29, 1.82) is 0 Å². The molecule has 3 aromatic rings. The van der Waals surface area contributed by atoms with E-state index in [2.05, 4.69) is 46.8 Å².